The lowest BCUT2D eigenvalue weighted by atomic mass is 10.1. The van der Waals surface area contributed by atoms with Gasteiger partial charge in [0.25, 0.3) is 0 Å². The molecule has 1 aliphatic heterocycles. The molecule has 1 atom stereocenters. The van der Waals surface area contributed by atoms with Crippen molar-refractivity contribution in [2.75, 3.05) is 11.9 Å². The Morgan fingerprint density at radius 2 is 2.00 bits per heavy atom. The summed E-state index contributed by atoms with van der Waals surface area (Å²) in [6.45, 7) is 6.46. The molecule has 1 aromatic rings. The van der Waals surface area contributed by atoms with Crippen LogP contribution in [0.5, 0.6) is 0 Å². The summed E-state index contributed by atoms with van der Waals surface area (Å²) < 4.78 is 0. The fourth-order valence-corrected chi connectivity index (χ4v) is 2.84. The Morgan fingerprint density at radius 1 is 1.35 bits per heavy atom. The number of nitrogens with zero attached hydrogens (tertiary/aromatic N) is 2. The second-order valence-corrected chi connectivity index (χ2v) is 7.25. The van der Waals surface area contributed by atoms with Gasteiger partial charge < -0.3 is 15.5 Å². The molecule has 0 aromatic heterocycles. The number of benzene rings is 1. The number of carbonyl (C=O) groups excluding carboxylic acids is 2. The van der Waals surface area contributed by atoms with Crippen molar-refractivity contribution < 1.29 is 9.59 Å². The second kappa shape index (κ2) is 6.92. The van der Waals surface area contributed by atoms with Crippen molar-refractivity contribution in [2.45, 2.75) is 43.7 Å². The van der Waals surface area contributed by atoms with Gasteiger partial charge in [-0.2, -0.15) is 5.26 Å². The van der Waals surface area contributed by atoms with Crippen molar-refractivity contribution in [3.8, 4) is 5.40 Å². The number of likely N-dealkylation sites (tertiary alicyclic amines) is 1. The molecule has 2 rings (SSSR count). The van der Waals surface area contributed by atoms with Crippen molar-refractivity contribution in [1.82, 2.24) is 10.2 Å². The molecular weight excluding hydrogens is 312 g/mol. The highest BCUT2D eigenvalue weighted by atomic mass is 32.2. The third kappa shape index (κ3) is 4.63. The molecule has 2 N–H and O–H groups in total. The molecule has 1 unspecified atom stereocenters. The van der Waals surface area contributed by atoms with Crippen LogP contribution in [0.2, 0.25) is 0 Å². The zero-order valence-electron chi connectivity index (χ0n) is 13.4. The van der Waals surface area contributed by atoms with Gasteiger partial charge in [0, 0.05) is 29.1 Å². The van der Waals surface area contributed by atoms with Crippen LogP contribution in [0.15, 0.2) is 29.2 Å². The Labute approximate surface area is 140 Å². The Kier molecular flexibility index (Phi) is 5.16. The van der Waals surface area contributed by atoms with Crippen molar-refractivity contribution in [3.63, 3.8) is 0 Å². The Bertz CT molecular complexity index is 631. The van der Waals surface area contributed by atoms with Gasteiger partial charge >= 0.3 is 6.03 Å². The molecule has 0 radical (unpaired) electrons. The van der Waals surface area contributed by atoms with Crippen LogP contribution in [-0.4, -0.2) is 35.0 Å². The van der Waals surface area contributed by atoms with Gasteiger partial charge in [-0.3, -0.25) is 4.79 Å². The molecule has 0 aliphatic carbocycles. The van der Waals surface area contributed by atoms with Crippen molar-refractivity contribution in [2.24, 2.45) is 0 Å². The number of thiocyanates is 1. The highest BCUT2D eigenvalue weighted by Gasteiger charge is 2.36. The Morgan fingerprint density at radius 3 is 2.52 bits per heavy atom. The summed E-state index contributed by atoms with van der Waals surface area (Å²) in [5.74, 6) is 0.0562. The summed E-state index contributed by atoms with van der Waals surface area (Å²) in [6, 6.07) is 6.49. The standard InChI is InChI=1S/C16H20N4O2S/c1-16(2,3)20-9-12(8-14(20)21)19-15(22)18-11-4-6-13(7-5-11)23-10-17/h4-7,12H,8-9H2,1-3H3,(H2,18,19,22). The van der Waals surface area contributed by atoms with E-state index in [1.54, 1.807) is 29.2 Å². The first-order valence-corrected chi connectivity index (χ1v) is 8.15. The summed E-state index contributed by atoms with van der Waals surface area (Å²) in [4.78, 5) is 26.6. The number of urea groups is 1. The summed E-state index contributed by atoms with van der Waals surface area (Å²) in [5.41, 5.74) is 0.403. The fourth-order valence-electron chi connectivity index (χ4n) is 2.46. The average molecular weight is 332 g/mol. The quantitative estimate of drug-likeness (QED) is 0.658. The fraction of sp³-hybridized carbons (Fsp3) is 0.438. The van der Waals surface area contributed by atoms with Gasteiger partial charge in [0.2, 0.25) is 5.91 Å². The normalized spacial score (nSPS) is 17.7. The summed E-state index contributed by atoms with van der Waals surface area (Å²) >= 11 is 1.07. The van der Waals surface area contributed by atoms with E-state index in [1.165, 1.54) is 0 Å². The largest absolute Gasteiger partial charge is 0.336 e. The maximum absolute atomic E-state index is 12.0. The number of carbonyl (C=O) groups is 2. The zero-order valence-corrected chi connectivity index (χ0v) is 14.2. The lowest BCUT2D eigenvalue weighted by molar-refractivity contribution is -0.131. The highest BCUT2D eigenvalue weighted by molar-refractivity contribution is 8.03. The molecule has 1 aliphatic rings. The van der Waals surface area contributed by atoms with Crippen LogP contribution in [0.4, 0.5) is 10.5 Å². The number of hydrogen-bond donors (Lipinski definition) is 2. The monoisotopic (exact) mass is 332 g/mol. The van der Waals surface area contributed by atoms with E-state index in [0.29, 0.717) is 18.7 Å². The molecular formula is C16H20N4O2S. The first kappa shape index (κ1) is 17.2. The maximum Gasteiger partial charge on any atom is 0.319 e. The van der Waals surface area contributed by atoms with Gasteiger partial charge in [-0.05, 0) is 56.8 Å². The van der Waals surface area contributed by atoms with Gasteiger partial charge in [0.05, 0.1) is 6.04 Å². The van der Waals surface area contributed by atoms with E-state index >= 15 is 0 Å². The first-order chi connectivity index (χ1) is 10.8. The van der Waals surface area contributed by atoms with Crippen LogP contribution in [0.3, 0.4) is 0 Å². The smallest absolute Gasteiger partial charge is 0.319 e. The second-order valence-electron chi connectivity index (χ2n) is 6.39. The molecule has 6 nitrogen and oxygen atoms in total. The summed E-state index contributed by atoms with van der Waals surface area (Å²) in [7, 11) is 0. The minimum absolute atomic E-state index is 0.0562. The molecule has 3 amide bonds. The molecule has 122 valence electrons. The lowest BCUT2D eigenvalue weighted by Crippen LogP contribution is -2.45. The van der Waals surface area contributed by atoms with Crippen LogP contribution >= 0.6 is 11.8 Å². The van der Waals surface area contributed by atoms with Crippen LogP contribution in [-0.2, 0) is 4.79 Å². The maximum atomic E-state index is 12.0. The van der Waals surface area contributed by atoms with Crippen LogP contribution in [0.1, 0.15) is 27.2 Å². The van der Waals surface area contributed by atoms with Gasteiger partial charge in [0.15, 0.2) is 0 Å². The minimum Gasteiger partial charge on any atom is -0.336 e. The third-order valence-electron chi connectivity index (χ3n) is 3.55. The molecule has 0 bridgehead atoms. The number of hydrogen-bond acceptors (Lipinski definition) is 4. The molecule has 1 aromatic carbocycles. The summed E-state index contributed by atoms with van der Waals surface area (Å²) in [5, 5.41) is 16.2. The third-order valence-corrected chi connectivity index (χ3v) is 4.14. The predicted octanol–water partition coefficient (Wildman–Crippen LogP) is 2.78. The number of nitriles is 1. The number of rotatable bonds is 3. The van der Waals surface area contributed by atoms with Crippen molar-refractivity contribution in [1.29, 1.82) is 5.26 Å². The minimum atomic E-state index is -0.334. The number of amides is 3. The van der Waals surface area contributed by atoms with Crippen molar-refractivity contribution >= 4 is 29.4 Å². The molecule has 7 heteroatoms. The molecule has 1 saturated heterocycles. The van der Waals surface area contributed by atoms with Crippen LogP contribution < -0.4 is 10.6 Å². The predicted molar refractivity (Wildman–Crippen MR) is 89.9 cm³/mol. The van der Waals surface area contributed by atoms with Crippen LogP contribution in [0, 0.1) is 10.7 Å². The molecule has 23 heavy (non-hydrogen) atoms. The van der Waals surface area contributed by atoms with E-state index in [1.807, 2.05) is 26.2 Å². The Balaban J connectivity index is 1.88. The van der Waals surface area contributed by atoms with E-state index in [0.717, 1.165) is 16.7 Å². The number of thioether (sulfide) groups is 1. The van der Waals surface area contributed by atoms with Gasteiger partial charge in [0.1, 0.15) is 5.40 Å². The lowest BCUT2D eigenvalue weighted by Gasteiger charge is -2.32. The Hall–Kier alpha value is -2.20. The van der Waals surface area contributed by atoms with Crippen molar-refractivity contribution in [3.05, 3.63) is 24.3 Å². The zero-order chi connectivity index (χ0) is 17.0. The van der Waals surface area contributed by atoms with E-state index in [9.17, 15) is 9.59 Å². The average Bonchev–Trinajstić information content (AvgIpc) is 2.82. The first-order valence-electron chi connectivity index (χ1n) is 7.33. The SMILES string of the molecule is CC(C)(C)N1CC(NC(=O)Nc2ccc(SC#N)cc2)CC1=O. The van der Waals surface area contributed by atoms with E-state index < -0.39 is 0 Å². The summed E-state index contributed by atoms with van der Waals surface area (Å²) in [6.07, 6.45) is 0.322. The van der Waals surface area contributed by atoms with Gasteiger partial charge in [-0.25, -0.2) is 4.79 Å². The van der Waals surface area contributed by atoms with E-state index in [-0.39, 0.29) is 23.5 Å². The molecule has 0 spiro atoms. The van der Waals surface area contributed by atoms with E-state index in [2.05, 4.69) is 10.6 Å². The number of anilines is 1. The van der Waals surface area contributed by atoms with Gasteiger partial charge in [-0.1, -0.05) is 0 Å². The molecule has 1 heterocycles. The number of nitrogens with one attached hydrogen (secondary N) is 2. The van der Waals surface area contributed by atoms with E-state index in [4.69, 9.17) is 5.26 Å². The highest BCUT2D eigenvalue weighted by Crippen LogP contribution is 2.22. The van der Waals surface area contributed by atoms with Gasteiger partial charge in [-0.15, -0.1) is 0 Å². The molecule has 0 saturated carbocycles. The topological polar surface area (TPSA) is 85.2 Å². The molecule has 1 fully saturated rings. The van der Waals surface area contributed by atoms with Crippen LogP contribution in [0.25, 0.3) is 0 Å².